The zero-order chi connectivity index (χ0) is 19.1. The minimum Gasteiger partial charge on any atom is -0.504 e. The van der Waals surface area contributed by atoms with Crippen molar-refractivity contribution in [3.05, 3.63) is 23.8 Å². The van der Waals surface area contributed by atoms with Crippen LogP contribution in [0.1, 0.15) is 49.4 Å². The van der Waals surface area contributed by atoms with E-state index < -0.39 is 23.1 Å². The number of phenolic OH excluding ortho intramolecular Hbond substituents is 2. The maximum Gasteiger partial charge on any atom is 0.327 e. The molecule has 0 radical (unpaired) electrons. The predicted octanol–water partition coefficient (Wildman–Crippen LogP) is 2.51. The Kier molecular flexibility index (Phi) is 4.64. The highest BCUT2D eigenvalue weighted by Gasteiger charge is 2.56. The van der Waals surface area contributed by atoms with Gasteiger partial charge in [0, 0.05) is 12.6 Å². The number of Topliss-reactive ketones (excluding diaryl/α,β-unsaturated/α-hetero) is 1. The van der Waals surface area contributed by atoms with Crippen molar-refractivity contribution in [3.8, 4) is 11.5 Å². The van der Waals surface area contributed by atoms with E-state index in [2.05, 4.69) is 0 Å². The van der Waals surface area contributed by atoms with Crippen LogP contribution in [0.3, 0.4) is 0 Å². The van der Waals surface area contributed by atoms with E-state index in [1.54, 1.807) is 14.0 Å². The lowest BCUT2D eigenvalue weighted by atomic mass is 9.75. The Morgan fingerprint density at radius 2 is 1.81 bits per heavy atom. The third-order valence-electron chi connectivity index (χ3n) is 5.89. The van der Waals surface area contributed by atoms with Crippen molar-refractivity contribution in [2.45, 2.75) is 44.6 Å². The maximum absolute atomic E-state index is 13.1. The molecular formula is C19H24N2O5. The van der Waals surface area contributed by atoms with Crippen LogP contribution in [0.4, 0.5) is 4.79 Å². The molecule has 140 valence electrons. The van der Waals surface area contributed by atoms with Crippen LogP contribution in [0, 0.1) is 5.92 Å². The van der Waals surface area contributed by atoms with Gasteiger partial charge in [0.25, 0.3) is 5.91 Å². The first-order chi connectivity index (χ1) is 12.3. The van der Waals surface area contributed by atoms with Crippen LogP contribution >= 0.6 is 0 Å². The summed E-state index contributed by atoms with van der Waals surface area (Å²) in [6.07, 6.45) is 5.02. The predicted molar refractivity (Wildman–Crippen MR) is 94.0 cm³/mol. The fourth-order valence-electron chi connectivity index (χ4n) is 4.07. The molecule has 1 aromatic rings. The third kappa shape index (κ3) is 2.81. The molecule has 1 heterocycles. The average Bonchev–Trinajstić information content (AvgIpc) is 2.81. The first-order valence-electron chi connectivity index (χ1n) is 8.91. The Morgan fingerprint density at radius 3 is 2.42 bits per heavy atom. The van der Waals surface area contributed by atoms with Crippen LogP contribution in [0.15, 0.2) is 18.2 Å². The molecule has 0 spiro atoms. The van der Waals surface area contributed by atoms with Gasteiger partial charge in [0.05, 0.1) is 6.54 Å². The van der Waals surface area contributed by atoms with Crippen molar-refractivity contribution in [1.29, 1.82) is 0 Å². The van der Waals surface area contributed by atoms with Gasteiger partial charge in [-0.25, -0.2) is 4.79 Å². The molecule has 3 amide bonds. The molecule has 0 bridgehead atoms. The number of hydrogen-bond acceptors (Lipinski definition) is 5. The van der Waals surface area contributed by atoms with Crippen LogP contribution in [-0.2, 0) is 4.79 Å². The lowest BCUT2D eigenvalue weighted by molar-refractivity contribution is -0.135. The molecule has 26 heavy (non-hydrogen) atoms. The molecule has 1 aromatic carbocycles. The number of hydrogen-bond donors (Lipinski definition) is 2. The molecule has 2 fully saturated rings. The molecule has 1 saturated heterocycles. The van der Waals surface area contributed by atoms with Gasteiger partial charge in [0.15, 0.2) is 17.3 Å². The number of imide groups is 1. The zero-order valence-corrected chi connectivity index (χ0v) is 15.1. The van der Waals surface area contributed by atoms with Gasteiger partial charge in [-0.2, -0.15) is 0 Å². The van der Waals surface area contributed by atoms with Gasteiger partial charge in [-0.05, 0) is 43.9 Å². The van der Waals surface area contributed by atoms with Crippen molar-refractivity contribution < 1.29 is 24.6 Å². The Balaban J connectivity index is 1.81. The number of carbonyl (C=O) groups excluding carboxylic acids is 3. The summed E-state index contributed by atoms with van der Waals surface area (Å²) in [6.45, 7) is 1.41. The number of aromatic hydroxyl groups is 2. The molecular weight excluding hydrogens is 336 g/mol. The van der Waals surface area contributed by atoms with Crippen LogP contribution < -0.4 is 0 Å². The average molecular weight is 360 g/mol. The van der Waals surface area contributed by atoms with Crippen molar-refractivity contribution in [1.82, 2.24) is 9.80 Å². The largest absolute Gasteiger partial charge is 0.504 e. The highest BCUT2D eigenvalue weighted by molar-refractivity contribution is 6.11. The minimum absolute atomic E-state index is 0.0931. The Hall–Kier alpha value is -2.57. The van der Waals surface area contributed by atoms with Gasteiger partial charge in [-0.3, -0.25) is 14.5 Å². The summed E-state index contributed by atoms with van der Waals surface area (Å²) in [4.78, 5) is 40.7. The lowest BCUT2D eigenvalue weighted by Crippen LogP contribution is -2.52. The topological polar surface area (TPSA) is 98.2 Å². The van der Waals surface area contributed by atoms with Crippen LogP contribution in [-0.4, -0.2) is 56.9 Å². The fraction of sp³-hybridized carbons (Fsp3) is 0.526. The summed E-state index contributed by atoms with van der Waals surface area (Å²) in [5.41, 5.74) is -0.788. The van der Waals surface area contributed by atoms with E-state index in [0.717, 1.165) is 43.1 Å². The monoisotopic (exact) mass is 360 g/mol. The summed E-state index contributed by atoms with van der Waals surface area (Å²) >= 11 is 0. The summed E-state index contributed by atoms with van der Waals surface area (Å²) in [5, 5.41) is 18.9. The van der Waals surface area contributed by atoms with E-state index >= 15 is 0 Å². The third-order valence-corrected chi connectivity index (χ3v) is 5.89. The van der Waals surface area contributed by atoms with Crippen LogP contribution in [0.5, 0.6) is 11.5 Å². The highest BCUT2D eigenvalue weighted by atomic mass is 16.3. The van der Waals surface area contributed by atoms with E-state index in [9.17, 15) is 24.6 Å². The van der Waals surface area contributed by atoms with Gasteiger partial charge in [-0.1, -0.05) is 19.3 Å². The Morgan fingerprint density at radius 1 is 1.15 bits per heavy atom. The number of nitrogens with zero attached hydrogens (tertiary/aromatic N) is 2. The molecule has 1 aliphatic heterocycles. The van der Waals surface area contributed by atoms with Crippen LogP contribution in [0.2, 0.25) is 0 Å². The molecule has 2 aliphatic rings. The summed E-state index contributed by atoms with van der Waals surface area (Å²) < 4.78 is 0. The van der Waals surface area contributed by atoms with Crippen molar-refractivity contribution >= 4 is 17.7 Å². The summed E-state index contributed by atoms with van der Waals surface area (Å²) in [5.74, 6) is -1.47. The number of amides is 3. The molecule has 7 heteroatoms. The highest BCUT2D eigenvalue weighted by Crippen LogP contribution is 2.41. The van der Waals surface area contributed by atoms with Crippen molar-refractivity contribution in [3.63, 3.8) is 0 Å². The first kappa shape index (κ1) is 18.2. The second kappa shape index (κ2) is 6.63. The standard InChI is InChI=1S/C19H24N2O5/c1-19(13-6-4-3-5-7-13)17(25)21(18(26)20(19)2)11-16(24)12-8-9-14(22)15(23)10-12/h8-10,13,22-23H,3-7,11H2,1-2H3. The molecule has 0 aromatic heterocycles. The fourth-order valence-corrected chi connectivity index (χ4v) is 4.07. The summed E-state index contributed by atoms with van der Waals surface area (Å²) in [6, 6.07) is 3.22. The molecule has 1 unspecified atom stereocenters. The number of phenols is 2. The zero-order valence-electron chi connectivity index (χ0n) is 15.1. The lowest BCUT2D eigenvalue weighted by Gasteiger charge is -2.38. The molecule has 1 saturated carbocycles. The Labute approximate surface area is 152 Å². The van der Waals surface area contributed by atoms with Crippen molar-refractivity contribution in [2.24, 2.45) is 5.92 Å². The van der Waals surface area contributed by atoms with Gasteiger partial charge in [0.2, 0.25) is 0 Å². The Bertz CT molecular complexity index is 756. The second-order valence-electron chi connectivity index (χ2n) is 7.34. The molecule has 1 atom stereocenters. The van der Waals surface area contributed by atoms with Crippen LogP contribution in [0.25, 0.3) is 0 Å². The van der Waals surface area contributed by atoms with Crippen molar-refractivity contribution in [2.75, 3.05) is 13.6 Å². The van der Waals surface area contributed by atoms with E-state index in [-0.39, 0.29) is 29.7 Å². The number of carbonyl (C=O) groups is 3. The van der Waals surface area contributed by atoms with Gasteiger partial charge >= 0.3 is 6.03 Å². The normalized spacial score (nSPS) is 24.4. The molecule has 1 aliphatic carbocycles. The summed E-state index contributed by atoms with van der Waals surface area (Å²) in [7, 11) is 1.62. The van der Waals surface area contributed by atoms with E-state index in [0.29, 0.717) is 0 Å². The van der Waals surface area contributed by atoms with Gasteiger partial charge in [-0.15, -0.1) is 0 Å². The van der Waals surface area contributed by atoms with Gasteiger partial charge < -0.3 is 15.1 Å². The SMILES string of the molecule is CN1C(=O)N(CC(=O)c2ccc(O)c(O)c2)C(=O)C1(C)C1CCCCC1. The second-order valence-corrected chi connectivity index (χ2v) is 7.34. The van der Waals surface area contributed by atoms with E-state index in [1.165, 1.54) is 17.0 Å². The number of urea groups is 1. The first-order valence-corrected chi connectivity index (χ1v) is 8.91. The number of likely N-dealkylation sites (N-methyl/N-ethyl adjacent to an activating group) is 1. The number of ketones is 1. The maximum atomic E-state index is 13.1. The van der Waals surface area contributed by atoms with Gasteiger partial charge in [0.1, 0.15) is 5.54 Å². The molecule has 3 rings (SSSR count). The smallest absolute Gasteiger partial charge is 0.327 e. The minimum atomic E-state index is -0.922. The molecule has 7 nitrogen and oxygen atoms in total. The van der Waals surface area contributed by atoms with E-state index in [1.807, 2.05) is 0 Å². The van der Waals surface area contributed by atoms with E-state index in [4.69, 9.17) is 0 Å². The number of benzene rings is 1. The molecule has 2 N–H and O–H groups in total. The quantitative estimate of drug-likeness (QED) is 0.488. The number of rotatable bonds is 4.